The highest BCUT2D eigenvalue weighted by atomic mass is 16.1. The van der Waals surface area contributed by atoms with Gasteiger partial charge in [-0.15, -0.1) is 0 Å². The van der Waals surface area contributed by atoms with Crippen LogP contribution in [0.5, 0.6) is 0 Å². The van der Waals surface area contributed by atoms with Gasteiger partial charge >= 0.3 is 0 Å². The first-order valence-electron chi connectivity index (χ1n) is 7.44. The first kappa shape index (κ1) is 14.2. The van der Waals surface area contributed by atoms with Gasteiger partial charge in [-0.3, -0.25) is 9.78 Å². The Labute approximate surface area is 123 Å². The smallest absolute Gasteiger partial charge is 0.258 e. The number of H-pyrrole nitrogens is 1. The lowest BCUT2D eigenvalue weighted by molar-refractivity contribution is 0.206. The SMILES string of the molecule is CN1CCCC(CNCc2nccc3c(=O)[nH]cnc23)C1. The average molecular weight is 287 g/mol. The Morgan fingerprint density at radius 2 is 2.38 bits per heavy atom. The molecule has 2 N–H and O–H groups in total. The van der Waals surface area contributed by atoms with Gasteiger partial charge in [0.05, 0.1) is 17.4 Å². The maximum absolute atomic E-state index is 11.7. The Balaban J connectivity index is 1.66. The zero-order valence-electron chi connectivity index (χ0n) is 12.3. The third-order valence-corrected chi connectivity index (χ3v) is 4.08. The maximum atomic E-state index is 11.7. The zero-order chi connectivity index (χ0) is 14.7. The lowest BCUT2D eigenvalue weighted by Crippen LogP contribution is -2.37. The number of piperidine rings is 1. The highest BCUT2D eigenvalue weighted by Gasteiger charge is 2.16. The van der Waals surface area contributed by atoms with Crippen molar-refractivity contribution in [1.82, 2.24) is 25.2 Å². The number of fused-ring (bicyclic) bond motifs is 1. The van der Waals surface area contributed by atoms with Crippen LogP contribution in [-0.2, 0) is 6.54 Å². The molecule has 0 aromatic carbocycles. The van der Waals surface area contributed by atoms with Crippen LogP contribution in [0, 0.1) is 5.92 Å². The van der Waals surface area contributed by atoms with E-state index in [2.05, 4.69) is 32.2 Å². The molecule has 2 aromatic rings. The minimum atomic E-state index is -0.113. The second-order valence-corrected chi connectivity index (χ2v) is 5.79. The van der Waals surface area contributed by atoms with Gasteiger partial charge in [-0.25, -0.2) is 4.98 Å². The molecule has 112 valence electrons. The summed E-state index contributed by atoms with van der Waals surface area (Å²) in [6, 6.07) is 1.71. The average Bonchev–Trinajstić information content (AvgIpc) is 2.48. The summed E-state index contributed by atoms with van der Waals surface area (Å²) < 4.78 is 0. The molecule has 1 aliphatic heterocycles. The molecule has 0 amide bonds. The van der Waals surface area contributed by atoms with Crippen molar-refractivity contribution in [3.63, 3.8) is 0 Å². The summed E-state index contributed by atoms with van der Waals surface area (Å²) in [4.78, 5) is 25.3. The van der Waals surface area contributed by atoms with E-state index in [4.69, 9.17) is 0 Å². The normalized spacial score (nSPS) is 20.0. The van der Waals surface area contributed by atoms with Gasteiger partial charge < -0.3 is 15.2 Å². The second-order valence-electron chi connectivity index (χ2n) is 5.79. The number of pyridine rings is 1. The molecule has 0 radical (unpaired) electrons. The van der Waals surface area contributed by atoms with Crippen molar-refractivity contribution in [2.45, 2.75) is 19.4 Å². The van der Waals surface area contributed by atoms with Gasteiger partial charge in [-0.2, -0.15) is 0 Å². The van der Waals surface area contributed by atoms with Crippen molar-refractivity contribution >= 4 is 10.9 Å². The second kappa shape index (κ2) is 6.32. The number of hydrogen-bond donors (Lipinski definition) is 2. The monoisotopic (exact) mass is 287 g/mol. The molecule has 3 heterocycles. The third kappa shape index (κ3) is 3.28. The van der Waals surface area contributed by atoms with Crippen molar-refractivity contribution in [1.29, 1.82) is 0 Å². The molecular formula is C15H21N5O. The predicted octanol–water partition coefficient (Wildman–Crippen LogP) is 0.749. The van der Waals surface area contributed by atoms with E-state index in [0.29, 0.717) is 23.4 Å². The summed E-state index contributed by atoms with van der Waals surface area (Å²) in [5, 5.41) is 4.06. The summed E-state index contributed by atoms with van der Waals surface area (Å²) in [5.41, 5.74) is 1.41. The number of rotatable bonds is 4. The van der Waals surface area contributed by atoms with Crippen LogP contribution in [0.2, 0.25) is 0 Å². The van der Waals surface area contributed by atoms with Crippen LogP contribution in [0.25, 0.3) is 10.9 Å². The van der Waals surface area contributed by atoms with Crippen LogP contribution < -0.4 is 10.9 Å². The van der Waals surface area contributed by atoms with Gasteiger partial charge in [0.1, 0.15) is 5.52 Å². The van der Waals surface area contributed by atoms with Crippen LogP contribution >= 0.6 is 0 Å². The van der Waals surface area contributed by atoms with Crippen molar-refractivity contribution in [2.75, 3.05) is 26.7 Å². The van der Waals surface area contributed by atoms with E-state index < -0.39 is 0 Å². The highest BCUT2D eigenvalue weighted by molar-refractivity contribution is 5.78. The Hall–Kier alpha value is -1.79. The van der Waals surface area contributed by atoms with E-state index in [-0.39, 0.29) is 5.56 Å². The third-order valence-electron chi connectivity index (χ3n) is 4.08. The molecular weight excluding hydrogens is 266 g/mol. The number of aromatic amines is 1. The van der Waals surface area contributed by atoms with Gasteiger partial charge in [0, 0.05) is 19.3 Å². The van der Waals surface area contributed by atoms with Crippen LogP contribution in [0.4, 0.5) is 0 Å². The fraction of sp³-hybridized carbons (Fsp3) is 0.533. The predicted molar refractivity (Wildman–Crippen MR) is 82.1 cm³/mol. The summed E-state index contributed by atoms with van der Waals surface area (Å²) in [6.07, 6.45) is 5.65. The highest BCUT2D eigenvalue weighted by Crippen LogP contribution is 2.14. The van der Waals surface area contributed by atoms with E-state index >= 15 is 0 Å². The van der Waals surface area contributed by atoms with E-state index in [1.54, 1.807) is 12.3 Å². The minimum absolute atomic E-state index is 0.113. The van der Waals surface area contributed by atoms with Gasteiger partial charge in [0.25, 0.3) is 5.56 Å². The molecule has 6 heteroatoms. The quantitative estimate of drug-likeness (QED) is 0.868. The molecule has 1 aliphatic rings. The number of aromatic nitrogens is 3. The van der Waals surface area contributed by atoms with Gasteiger partial charge in [0.2, 0.25) is 0 Å². The largest absolute Gasteiger partial charge is 0.313 e. The summed E-state index contributed by atoms with van der Waals surface area (Å²) in [7, 11) is 2.18. The Bertz CT molecular complexity index is 668. The maximum Gasteiger partial charge on any atom is 0.258 e. The fourth-order valence-electron chi connectivity index (χ4n) is 3.02. The molecule has 2 aromatic heterocycles. The van der Waals surface area contributed by atoms with Crippen molar-refractivity contribution in [2.24, 2.45) is 5.92 Å². The lowest BCUT2D eigenvalue weighted by atomic mass is 9.98. The lowest BCUT2D eigenvalue weighted by Gasteiger charge is -2.29. The summed E-state index contributed by atoms with van der Waals surface area (Å²) in [5.74, 6) is 0.690. The molecule has 21 heavy (non-hydrogen) atoms. The van der Waals surface area contributed by atoms with Crippen molar-refractivity contribution < 1.29 is 0 Å². The molecule has 0 aliphatic carbocycles. The van der Waals surface area contributed by atoms with Crippen molar-refractivity contribution in [3.05, 3.63) is 34.6 Å². The summed E-state index contributed by atoms with van der Waals surface area (Å²) in [6.45, 7) is 3.97. The molecule has 0 bridgehead atoms. The Morgan fingerprint density at radius 1 is 1.48 bits per heavy atom. The fourth-order valence-corrected chi connectivity index (χ4v) is 3.02. The molecule has 0 saturated carbocycles. The number of nitrogens with zero attached hydrogens (tertiary/aromatic N) is 3. The van der Waals surface area contributed by atoms with E-state index in [9.17, 15) is 4.79 Å². The molecule has 1 atom stereocenters. The van der Waals surface area contributed by atoms with Gasteiger partial charge in [-0.1, -0.05) is 0 Å². The summed E-state index contributed by atoms with van der Waals surface area (Å²) >= 11 is 0. The van der Waals surface area contributed by atoms with E-state index in [1.807, 2.05) is 0 Å². The Kier molecular flexibility index (Phi) is 4.26. The van der Waals surface area contributed by atoms with Crippen molar-refractivity contribution in [3.8, 4) is 0 Å². The number of hydrogen-bond acceptors (Lipinski definition) is 5. The molecule has 1 fully saturated rings. The molecule has 6 nitrogen and oxygen atoms in total. The van der Waals surface area contributed by atoms with E-state index in [0.717, 1.165) is 18.8 Å². The minimum Gasteiger partial charge on any atom is -0.313 e. The number of nitrogens with one attached hydrogen (secondary N) is 2. The number of likely N-dealkylation sites (tertiary alicyclic amines) is 1. The molecule has 0 spiro atoms. The zero-order valence-corrected chi connectivity index (χ0v) is 12.3. The first-order valence-corrected chi connectivity index (χ1v) is 7.44. The molecule has 1 unspecified atom stereocenters. The Morgan fingerprint density at radius 3 is 3.24 bits per heavy atom. The van der Waals surface area contributed by atoms with Gasteiger partial charge in [-0.05, 0) is 45.0 Å². The van der Waals surface area contributed by atoms with E-state index in [1.165, 1.54) is 25.7 Å². The van der Waals surface area contributed by atoms with Crippen LogP contribution in [-0.4, -0.2) is 46.5 Å². The standard InChI is InChI=1S/C15H21N5O/c1-20-6-2-3-11(9-20)7-16-8-13-14-12(4-5-17-13)15(21)19-10-18-14/h4-5,10-11,16H,2-3,6-9H2,1H3,(H,18,19,21). The van der Waals surface area contributed by atoms with Crippen LogP contribution in [0.3, 0.4) is 0 Å². The molecule has 1 saturated heterocycles. The first-order chi connectivity index (χ1) is 10.2. The van der Waals surface area contributed by atoms with Crippen LogP contribution in [0.15, 0.2) is 23.4 Å². The topological polar surface area (TPSA) is 73.9 Å². The molecule has 3 rings (SSSR count). The van der Waals surface area contributed by atoms with Gasteiger partial charge in [0.15, 0.2) is 0 Å². The van der Waals surface area contributed by atoms with Crippen LogP contribution in [0.1, 0.15) is 18.5 Å².